The third-order valence-electron chi connectivity index (χ3n) is 1.48. The minimum atomic E-state index is 0.139. The summed E-state index contributed by atoms with van der Waals surface area (Å²) in [5, 5.41) is 0. The third-order valence-corrected chi connectivity index (χ3v) is 1.48. The molecule has 4 N–H and O–H groups in total. The molecule has 1 rings (SSSR count). The van der Waals surface area contributed by atoms with Gasteiger partial charge in [0.05, 0.1) is 6.34 Å². The quantitative estimate of drug-likeness (QED) is 0.535. The van der Waals surface area contributed by atoms with Crippen LogP contribution in [0.25, 0.3) is 6.08 Å². The molecule has 0 saturated carbocycles. The number of hydrogen-bond donors (Lipinski definition) is 2. The first-order valence-corrected chi connectivity index (χ1v) is 4.12. The first-order valence-electron chi connectivity index (χ1n) is 4.12. The highest BCUT2D eigenvalue weighted by Crippen LogP contribution is 2.00. The smallest absolute Gasteiger partial charge is 0.221 e. The molecule has 0 atom stereocenters. The van der Waals surface area contributed by atoms with Crippen molar-refractivity contribution in [2.75, 3.05) is 0 Å². The number of benzene rings is 1. The van der Waals surface area contributed by atoms with Gasteiger partial charge in [-0.2, -0.15) is 0 Å². The van der Waals surface area contributed by atoms with E-state index in [-0.39, 0.29) is 5.96 Å². The number of nitrogens with two attached hydrogens (primary N) is 2. The van der Waals surface area contributed by atoms with Gasteiger partial charge in [-0.05, 0) is 11.6 Å². The Labute approximate surface area is 82.7 Å². The zero-order chi connectivity index (χ0) is 10.2. The second-order valence-electron chi connectivity index (χ2n) is 2.49. The summed E-state index contributed by atoms with van der Waals surface area (Å²) < 4.78 is 0. The van der Waals surface area contributed by atoms with Crippen LogP contribution in [0.15, 0.2) is 46.5 Å². The fraction of sp³-hybridized carbons (Fsp3) is 0. The van der Waals surface area contributed by atoms with Gasteiger partial charge in [0.2, 0.25) is 5.96 Å². The van der Waals surface area contributed by atoms with Crippen molar-refractivity contribution < 1.29 is 0 Å². The normalized spacial score (nSPS) is 12.7. The van der Waals surface area contributed by atoms with Crippen molar-refractivity contribution >= 4 is 18.4 Å². The van der Waals surface area contributed by atoms with E-state index in [0.29, 0.717) is 0 Å². The van der Waals surface area contributed by atoms with Gasteiger partial charge in [0.15, 0.2) is 0 Å². The molecule has 0 aromatic heterocycles. The zero-order valence-corrected chi connectivity index (χ0v) is 7.67. The molecule has 0 fully saturated rings. The van der Waals surface area contributed by atoms with Crippen LogP contribution in [0.1, 0.15) is 5.56 Å². The van der Waals surface area contributed by atoms with Gasteiger partial charge in [0.1, 0.15) is 0 Å². The van der Waals surface area contributed by atoms with E-state index < -0.39 is 0 Å². The lowest BCUT2D eigenvalue weighted by atomic mass is 10.2. The van der Waals surface area contributed by atoms with Gasteiger partial charge in [-0.3, -0.25) is 0 Å². The average molecular weight is 188 g/mol. The molecule has 0 bridgehead atoms. The SMILES string of the molecule is N\C=N/C(N)=N\C=C\c1ccccc1. The highest BCUT2D eigenvalue weighted by atomic mass is 15.0. The maximum absolute atomic E-state index is 5.37. The zero-order valence-electron chi connectivity index (χ0n) is 7.67. The highest BCUT2D eigenvalue weighted by Gasteiger charge is 1.82. The fourth-order valence-electron chi connectivity index (χ4n) is 0.874. The number of nitrogens with zero attached hydrogens (tertiary/aromatic N) is 2. The Morgan fingerprint density at radius 2 is 1.93 bits per heavy atom. The van der Waals surface area contributed by atoms with Gasteiger partial charge >= 0.3 is 0 Å². The summed E-state index contributed by atoms with van der Waals surface area (Å²) in [6.07, 6.45) is 4.52. The monoisotopic (exact) mass is 188 g/mol. The van der Waals surface area contributed by atoms with Gasteiger partial charge in [0.25, 0.3) is 0 Å². The molecule has 0 radical (unpaired) electrons. The van der Waals surface area contributed by atoms with Crippen LogP contribution >= 0.6 is 0 Å². The van der Waals surface area contributed by atoms with Crippen molar-refractivity contribution in [2.45, 2.75) is 0 Å². The molecule has 0 aliphatic rings. The first-order chi connectivity index (χ1) is 6.83. The molecule has 0 amide bonds. The Hall–Kier alpha value is -2.10. The van der Waals surface area contributed by atoms with Crippen LogP contribution in [0.5, 0.6) is 0 Å². The van der Waals surface area contributed by atoms with Crippen LogP contribution in [-0.4, -0.2) is 12.3 Å². The second-order valence-corrected chi connectivity index (χ2v) is 2.49. The lowest BCUT2D eigenvalue weighted by Crippen LogP contribution is -2.09. The van der Waals surface area contributed by atoms with Crippen LogP contribution < -0.4 is 11.5 Å². The van der Waals surface area contributed by atoms with Crippen LogP contribution in [-0.2, 0) is 0 Å². The number of guanidine groups is 1. The first kappa shape index (κ1) is 9.98. The largest absolute Gasteiger partial charge is 0.390 e. The topological polar surface area (TPSA) is 76.8 Å². The lowest BCUT2D eigenvalue weighted by Gasteiger charge is -1.89. The molecule has 0 spiro atoms. The van der Waals surface area contributed by atoms with Gasteiger partial charge in [-0.1, -0.05) is 30.3 Å². The van der Waals surface area contributed by atoms with Crippen molar-refractivity contribution in [1.29, 1.82) is 0 Å². The van der Waals surface area contributed by atoms with E-state index >= 15 is 0 Å². The average Bonchev–Trinajstić information content (AvgIpc) is 2.20. The Bertz CT molecular complexity index is 352. The van der Waals surface area contributed by atoms with E-state index in [1.807, 2.05) is 36.4 Å². The number of aliphatic imine (C=N–C) groups is 2. The van der Waals surface area contributed by atoms with Gasteiger partial charge in [0, 0.05) is 6.20 Å². The molecular formula is C10H12N4. The van der Waals surface area contributed by atoms with Crippen LogP contribution in [0.4, 0.5) is 0 Å². The molecule has 4 heteroatoms. The molecule has 4 nitrogen and oxygen atoms in total. The van der Waals surface area contributed by atoms with Crippen molar-refractivity contribution in [1.82, 2.24) is 0 Å². The number of hydrogen-bond acceptors (Lipinski definition) is 1. The van der Waals surface area contributed by atoms with Crippen molar-refractivity contribution in [3.8, 4) is 0 Å². The Balaban J connectivity index is 2.62. The second kappa shape index (κ2) is 5.53. The van der Waals surface area contributed by atoms with E-state index in [1.165, 1.54) is 0 Å². The summed E-state index contributed by atoms with van der Waals surface area (Å²) in [6, 6.07) is 9.78. The molecular weight excluding hydrogens is 176 g/mol. The van der Waals surface area contributed by atoms with E-state index in [1.54, 1.807) is 6.20 Å². The highest BCUT2D eigenvalue weighted by molar-refractivity contribution is 5.86. The summed E-state index contributed by atoms with van der Waals surface area (Å²) in [5.41, 5.74) is 11.5. The molecule has 0 aliphatic heterocycles. The summed E-state index contributed by atoms with van der Waals surface area (Å²) in [6.45, 7) is 0. The molecule has 14 heavy (non-hydrogen) atoms. The summed E-state index contributed by atoms with van der Waals surface area (Å²) in [4.78, 5) is 7.43. The minimum absolute atomic E-state index is 0.139. The minimum Gasteiger partial charge on any atom is -0.390 e. The van der Waals surface area contributed by atoms with Gasteiger partial charge in [-0.15, -0.1) is 0 Å². The van der Waals surface area contributed by atoms with Crippen molar-refractivity contribution in [3.05, 3.63) is 42.1 Å². The van der Waals surface area contributed by atoms with E-state index in [2.05, 4.69) is 9.98 Å². The maximum Gasteiger partial charge on any atom is 0.221 e. The molecule has 0 saturated heterocycles. The van der Waals surface area contributed by atoms with E-state index in [9.17, 15) is 0 Å². The van der Waals surface area contributed by atoms with Crippen molar-refractivity contribution in [2.24, 2.45) is 21.5 Å². The van der Waals surface area contributed by atoms with E-state index in [0.717, 1.165) is 11.9 Å². The summed E-state index contributed by atoms with van der Waals surface area (Å²) in [5.74, 6) is 0.139. The third kappa shape index (κ3) is 3.53. The fourth-order valence-corrected chi connectivity index (χ4v) is 0.874. The Morgan fingerprint density at radius 1 is 1.21 bits per heavy atom. The van der Waals surface area contributed by atoms with Crippen LogP contribution in [0.3, 0.4) is 0 Å². The lowest BCUT2D eigenvalue weighted by molar-refractivity contribution is 1.43. The van der Waals surface area contributed by atoms with E-state index in [4.69, 9.17) is 11.5 Å². The Kier molecular flexibility index (Phi) is 3.94. The predicted octanol–water partition coefficient (Wildman–Crippen LogP) is 0.959. The van der Waals surface area contributed by atoms with Crippen LogP contribution in [0.2, 0.25) is 0 Å². The predicted molar refractivity (Wildman–Crippen MR) is 59.8 cm³/mol. The molecule has 1 aromatic carbocycles. The van der Waals surface area contributed by atoms with Crippen molar-refractivity contribution in [3.63, 3.8) is 0 Å². The standard InChI is InChI=1S/C10H12N4/c11-8-14-10(12)13-7-6-9-4-2-1-3-5-9/h1-8H,(H4,11,12,13,14)/b7-6+. The molecule has 0 heterocycles. The molecule has 0 unspecified atom stereocenters. The van der Waals surface area contributed by atoms with Gasteiger partial charge in [-0.25, -0.2) is 9.98 Å². The molecule has 0 aliphatic carbocycles. The molecule has 72 valence electrons. The number of rotatable bonds is 2. The van der Waals surface area contributed by atoms with Crippen LogP contribution in [0, 0.1) is 0 Å². The maximum atomic E-state index is 5.37. The Morgan fingerprint density at radius 3 is 2.57 bits per heavy atom. The van der Waals surface area contributed by atoms with Gasteiger partial charge < -0.3 is 11.5 Å². The molecule has 1 aromatic rings. The summed E-state index contributed by atoms with van der Waals surface area (Å²) in [7, 11) is 0. The summed E-state index contributed by atoms with van der Waals surface area (Å²) >= 11 is 0.